The lowest BCUT2D eigenvalue weighted by molar-refractivity contribution is -0.166. The maximum atomic E-state index is 12.5. The highest BCUT2D eigenvalue weighted by atomic mass is 16.7. The predicted molar refractivity (Wildman–Crippen MR) is 116 cm³/mol. The molecule has 0 N–H and O–H groups in total. The molecule has 1 fully saturated rings. The van der Waals surface area contributed by atoms with Crippen molar-refractivity contribution in [1.29, 1.82) is 0 Å². The molecule has 0 radical (unpaired) electrons. The van der Waals surface area contributed by atoms with Crippen LogP contribution in [-0.2, 0) is 38.1 Å². The van der Waals surface area contributed by atoms with Crippen molar-refractivity contribution in [2.45, 2.75) is 71.0 Å². The number of nitrogens with zero attached hydrogens (tertiary/aromatic N) is 3. The Bertz CT molecular complexity index is 1080. The van der Waals surface area contributed by atoms with E-state index in [-0.39, 0.29) is 18.3 Å². The first kappa shape index (κ1) is 25.9. The normalized spacial score (nSPS) is 23.4. The number of hydrogen-bond acceptors (Lipinski definition) is 11. The van der Waals surface area contributed by atoms with Gasteiger partial charge in [0.25, 0.3) is 0 Å². The standard InChI is InChI=1S/C23H27N3O9/c1-13(27)32-12-17-19(33-14(2)28)20(34-15(3)29)22(35-17)26-21(23(30)31-4)24-18(25-26)11-10-16-8-6-5-7-9-16/h8,17,19-20,22H,5-7,9,12H2,1-4H3/t17-,19-,20-,22-/m1/s1. The van der Waals surface area contributed by atoms with E-state index in [9.17, 15) is 19.2 Å². The second-order valence-electron chi connectivity index (χ2n) is 7.94. The molecule has 0 spiro atoms. The maximum Gasteiger partial charge on any atom is 0.375 e. The van der Waals surface area contributed by atoms with Crippen LogP contribution in [-0.4, -0.2) is 70.7 Å². The highest BCUT2D eigenvalue weighted by molar-refractivity contribution is 5.85. The zero-order valence-corrected chi connectivity index (χ0v) is 19.9. The quantitative estimate of drug-likeness (QED) is 0.323. The highest BCUT2D eigenvalue weighted by Gasteiger charge is 2.52. The van der Waals surface area contributed by atoms with E-state index < -0.39 is 48.4 Å². The maximum absolute atomic E-state index is 12.5. The van der Waals surface area contributed by atoms with Crippen molar-refractivity contribution in [3.8, 4) is 11.8 Å². The van der Waals surface area contributed by atoms with Crippen LogP contribution >= 0.6 is 0 Å². The molecule has 12 heteroatoms. The van der Waals surface area contributed by atoms with E-state index in [4.69, 9.17) is 23.7 Å². The topological polar surface area (TPSA) is 145 Å². The van der Waals surface area contributed by atoms with Gasteiger partial charge in [-0.1, -0.05) is 12.0 Å². The van der Waals surface area contributed by atoms with Crippen molar-refractivity contribution < 1.29 is 42.9 Å². The number of ether oxygens (including phenoxy) is 5. The zero-order valence-electron chi connectivity index (χ0n) is 19.9. The summed E-state index contributed by atoms with van der Waals surface area (Å²) in [6.45, 7) is 3.24. The highest BCUT2D eigenvalue weighted by Crippen LogP contribution is 2.35. The number of hydrogen-bond donors (Lipinski definition) is 0. The summed E-state index contributed by atoms with van der Waals surface area (Å²) < 4.78 is 27.6. The first-order valence-electron chi connectivity index (χ1n) is 11.1. The van der Waals surface area contributed by atoms with Crippen LogP contribution in [0.2, 0.25) is 0 Å². The molecule has 2 heterocycles. The summed E-state index contributed by atoms with van der Waals surface area (Å²) in [6, 6.07) is 0. The molecule has 2 aliphatic rings. The van der Waals surface area contributed by atoms with E-state index >= 15 is 0 Å². The molecule has 0 amide bonds. The Morgan fingerprint density at radius 1 is 1.06 bits per heavy atom. The second kappa shape index (κ2) is 11.6. The molecule has 3 rings (SSSR count). The molecule has 1 aromatic rings. The predicted octanol–water partition coefficient (Wildman–Crippen LogP) is 1.24. The summed E-state index contributed by atoms with van der Waals surface area (Å²) in [7, 11) is 1.17. The minimum Gasteiger partial charge on any atom is -0.463 e. The molecule has 4 atom stereocenters. The molecular formula is C23H27N3O9. The molecular weight excluding hydrogens is 462 g/mol. The van der Waals surface area contributed by atoms with Gasteiger partial charge in [-0.15, -0.1) is 5.10 Å². The number of carbonyl (C=O) groups is 4. The fourth-order valence-electron chi connectivity index (χ4n) is 3.76. The molecule has 188 valence electrons. The van der Waals surface area contributed by atoms with Gasteiger partial charge in [0.15, 0.2) is 18.4 Å². The van der Waals surface area contributed by atoms with E-state index in [0.29, 0.717) is 0 Å². The summed E-state index contributed by atoms with van der Waals surface area (Å²) in [5.41, 5.74) is 0.957. The second-order valence-corrected chi connectivity index (χ2v) is 7.94. The number of rotatable bonds is 6. The average Bonchev–Trinajstić information content (AvgIpc) is 3.37. The van der Waals surface area contributed by atoms with E-state index in [2.05, 4.69) is 28.0 Å². The van der Waals surface area contributed by atoms with E-state index in [1.165, 1.54) is 27.9 Å². The van der Waals surface area contributed by atoms with Gasteiger partial charge in [-0.2, -0.15) is 4.98 Å². The van der Waals surface area contributed by atoms with Crippen molar-refractivity contribution in [3.63, 3.8) is 0 Å². The smallest absolute Gasteiger partial charge is 0.375 e. The van der Waals surface area contributed by atoms with Crippen LogP contribution in [0.25, 0.3) is 0 Å². The molecule has 1 saturated heterocycles. The summed E-state index contributed by atoms with van der Waals surface area (Å²) in [6.07, 6.45) is 1.33. The minimum atomic E-state index is -1.25. The van der Waals surface area contributed by atoms with Crippen LogP contribution in [0.4, 0.5) is 0 Å². The van der Waals surface area contributed by atoms with Crippen LogP contribution in [0, 0.1) is 11.8 Å². The third-order valence-electron chi connectivity index (χ3n) is 5.21. The first-order chi connectivity index (χ1) is 16.7. The van der Waals surface area contributed by atoms with Gasteiger partial charge >= 0.3 is 23.9 Å². The Labute approximate surface area is 201 Å². The van der Waals surface area contributed by atoms with Crippen LogP contribution in [0.1, 0.15) is 69.1 Å². The Kier molecular flexibility index (Phi) is 8.59. The molecule has 1 aliphatic carbocycles. The molecule has 1 aromatic heterocycles. The van der Waals surface area contributed by atoms with Gasteiger partial charge in [0, 0.05) is 20.8 Å². The van der Waals surface area contributed by atoms with Crippen molar-refractivity contribution in [2.75, 3.05) is 13.7 Å². The van der Waals surface area contributed by atoms with Crippen LogP contribution < -0.4 is 0 Å². The number of esters is 4. The van der Waals surface area contributed by atoms with Gasteiger partial charge in [0.2, 0.25) is 11.6 Å². The molecule has 0 bridgehead atoms. The summed E-state index contributed by atoms with van der Waals surface area (Å²) in [4.78, 5) is 51.6. The van der Waals surface area contributed by atoms with Gasteiger partial charge in [-0.3, -0.25) is 14.4 Å². The van der Waals surface area contributed by atoms with Crippen molar-refractivity contribution in [1.82, 2.24) is 14.8 Å². The van der Waals surface area contributed by atoms with E-state index in [1.54, 1.807) is 0 Å². The summed E-state index contributed by atoms with van der Waals surface area (Å²) in [5, 5.41) is 4.29. The van der Waals surface area contributed by atoms with E-state index in [1.807, 2.05) is 0 Å². The molecule has 0 unspecified atom stereocenters. The Balaban J connectivity index is 2.01. The fourth-order valence-corrected chi connectivity index (χ4v) is 3.76. The van der Waals surface area contributed by atoms with Crippen molar-refractivity contribution >= 4 is 23.9 Å². The fraction of sp³-hybridized carbons (Fsp3) is 0.565. The van der Waals surface area contributed by atoms with Crippen molar-refractivity contribution in [2.24, 2.45) is 0 Å². The zero-order chi connectivity index (χ0) is 25.5. The van der Waals surface area contributed by atoms with Crippen LogP contribution in [0.15, 0.2) is 11.6 Å². The monoisotopic (exact) mass is 489 g/mol. The number of aromatic nitrogens is 3. The van der Waals surface area contributed by atoms with Gasteiger partial charge in [-0.25, -0.2) is 9.48 Å². The number of allylic oxidation sites excluding steroid dienone is 2. The first-order valence-corrected chi connectivity index (χ1v) is 11.1. The third kappa shape index (κ3) is 6.66. The van der Waals surface area contributed by atoms with Gasteiger partial charge in [0.1, 0.15) is 12.7 Å². The SMILES string of the molecule is COC(=O)c1nc(C#CC2=CCCCC2)nn1[C@@H]1O[C@H](COC(C)=O)[C@@H](OC(C)=O)[C@H]1OC(C)=O. The lowest BCUT2D eigenvalue weighted by Crippen LogP contribution is -2.41. The van der Waals surface area contributed by atoms with Gasteiger partial charge in [-0.05, 0) is 37.2 Å². The number of methoxy groups -OCH3 is 1. The molecule has 12 nitrogen and oxygen atoms in total. The van der Waals surface area contributed by atoms with Crippen molar-refractivity contribution in [3.05, 3.63) is 23.3 Å². The largest absolute Gasteiger partial charge is 0.463 e. The third-order valence-corrected chi connectivity index (χ3v) is 5.21. The van der Waals surface area contributed by atoms with Gasteiger partial charge in [0.05, 0.1) is 7.11 Å². The summed E-state index contributed by atoms with van der Waals surface area (Å²) >= 11 is 0. The molecule has 35 heavy (non-hydrogen) atoms. The summed E-state index contributed by atoms with van der Waals surface area (Å²) in [5.74, 6) is 2.82. The number of carbonyl (C=O) groups excluding carboxylic acids is 4. The Hall–Kier alpha value is -3.72. The minimum absolute atomic E-state index is 0.0227. The Morgan fingerprint density at radius 3 is 2.37 bits per heavy atom. The van der Waals surface area contributed by atoms with Gasteiger partial charge < -0.3 is 23.7 Å². The molecule has 0 aromatic carbocycles. The van der Waals surface area contributed by atoms with Crippen LogP contribution in [0.3, 0.4) is 0 Å². The van der Waals surface area contributed by atoms with E-state index in [0.717, 1.165) is 35.9 Å². The lowest BCUT2D eigenvalue weighted by atomic mass is 10.0. The Morgan fingerprint density at radius 2 is 1.77 bits per heavy atom. The lowest BCUT2D eigenvalue weighted by Gasteiger charge is -2.23. The average molecular weight is 489 g/mol. The molecule has 0 saturated carbocycles. The van der Waals surface area contributed by atoms with Crippen LogP contribution in [0.5, 0.6) is 0 Å². The molecule has 1 aliphatic heterocycles.